The van der Waals surface area contributed by atoms with Crippen LogP contribution in [0.25, 0.3) is 0 Å². The standard InChI is InChI=1S/C14H24N4O/c1-2-3-4-5-8-17-9-6-14(7-10-17)18-11-13(12-19)15-16-18/h4-5,11,14,19H,2-3,6-10,12H2,1H3/b5-4+. The first-order valence-corrected chi connectivity index (χ1v) is 7.22. The molecule has 0 aliphatic carbocycles. The van der Waals surface area contributed by atoms with Gasteiger partial charge in [-0.3, -0.25) is 4.90 Å². The number of rotatable bonds is 6. The number of hydrogen-bond donors (Lipinski definition) is 1. The Labute approximate surface area is 114 Å². The Hall–Kier alpha value is -1.20. The fraction of sp³-hybridized carbons (Fsp3) is 0.714. The number of aromatic nitrogens is 3. The third-order valence-corrected chi connectivity index (χ3v) is 3.64. The normalized spacial score (nSPS) is 18.4. The van der Waals surface area contributed by atoms with Gasteiger partial charge in [-0.05, 0) is 19.3 Å². The molecule has 0 aromatic carbocycles. The summed E-state index contributed by atoms with van der Waals surface area (Å²) in [5, 5.41) is 17.0. The van der Waals surface area contributed by atoms with Crippen LogP contribution in [0.4, 0.5) is 0 Å². The van der Waals surface area contributed by atoms with Gasteiger partial charge in [-0.15, -0.1) is 5.10 Å². The van der Waals surface area contributed by atoms with E-state index in [2.05, 4.69) is 34.3 Å². The van der Waals surface area contributed by atoms with E-state index >= 15 is 0 Å². The third-order valence-electron chi connectivity index (χ3n) is 3.64. The monoisotopic (exact) mass is 264 g/mol. The second-order valence-corrected chi connectivity index (χ2v) is 5.14. The maximum Gasteiger partial charge on any atom is 0.108 e. The number of piperidine rings is 1. The molecule has 1 aromatic heterocycles. The van der Waals surface area contributed by atoms with Gasteiger partial charge < -0.3 is 5.11 Å². The number of likely N-dealkylation sites (tertiary alicyclic amines) is 1. The molecule has 2 rings (SSSR count). The topological polar surface area (TPSA) is 54.2 Å². The lowest BCUT2D eigenvalue weighted by Gasteiger charge is -2.30. The minimum absolute atomic E-state index is 0.0267. The molecule has 0 atom stereocenters. The van der Waals surface area contributed by atoms with E-state index in [1.807, 2.05) is 10.9 Å². The number of unbranched alkanes of at least 4 members (excludes halogenated alkanes) is 1. The zero-order valence-corrected chi connectivity index (χ0v) is 11.7. The van der Waals surface area contributed by atoms with Gasteiger partial charge >= 0.3 is 0 Å². The summed E-state index contributed by atoms with van der Waals surface area (Å²) < 4.78 is 1.91. The molecule has 1 saturated heterocycles. The second kappa shape index (κ2) is 7.40. The van der Waals surface area contributed by atoms with Crippen molar-refractivity contribution in [3.63, 3.8) is 0 Å². The van der Waals surface area contributed by atoms with E-state index < -0.39 is 0 Å². The van der Waals surface area contributed by atoms with Gasteiger partial charge in [0.15, 0.2) is 0 Å². The van der Waals surface area contributed by atoms with Gasteiger partial charge in [-0.25, -0.2) is 4.68 Å². The van der Waals surface area contributed by atoms with Crippen LogP contribution in [0, 0.1) is 0 Å². The first-order chi connectivity index (χ1) is 9.33. The average Bonchev–Trinajstić information content (AvgIpc) is 2.93. The van der Waals surface area contributed by atoms with Crippen LogP contribution in [-0.2, 0) is 6.61 Å². The summed E-state index contributed by atoms with van der Waals surface area (Å²) in [7, 11) is 0. The third kappa shape index (κ3) is 4.14. The van der Waals surface area contributed by atoms with E-state index in [4.69, 9.17) is 5.11 Å². The van der Waals surface area contributed by atoms with E-state index in [1.54, 1.807) is 0 Å². The van der Waals surface area contributed by atoms with Crippen molar-refractivity contribution in [2.75, 3.05) is 19.6 Å². The van der Waals surface area contributed by atoms with Crippen LogP contribution in [0.15, 0.2) is 18.3 Å². The molecule has 1 N–H and O–H groups in total. The lowest BCUT2D eigenvalue weighted by molar-refractivity contribution is 0.193. The number of hydrogen-bond acceptors (Lipinski definition) is 4. The van der Waals surface area contributed by atoms with Crippen LogP contribution >= 0.6 is 0 Å². The van der Waals surface area contributed by atoms with Crippen LogP contribution in [-0.4, -0.2) is 44.6 Å². The molecule has 0 spiro atoms. The predicted molar refractivity (Wildman–Crippen MR) is 74.7 cm³/mol. The lowest BCUT2D eigenvalue weighted by atomic mass is 10.1. The summed E-state index contributed by atoms with van der Waals surface area (Å²) in [5.74, 6) is 0. The maximum absolute atomic E-state index is 9.00. The Morgan fingerprint density at radius 1 is 1.37 bits per heavy atom. The van der Waals surface area contributed by atoms with Crippen LogP contribution < -0.4 is 0 Å². The number of allylic oxidation sites excluding steroid dienone is 1. The Balaban J connectivity index is 1.75. The zero-order chi connectivity index (χ0) is 13.5. The van der Waals surface area contributed by atoms with Crippen molar-refractivity contribution in [2.45, 2.75) is 45.3 Å². The molecule has 0 amide bonds. The van der Waals surface area contributed by atoms with Gasteiger partial charge in [-0.2, -0.15) is 0 Å². The summed E-state index contributed by atoms with van der Waals surface area (Å²) in [4.78, 5) is 2.48. The summed E-state index contributed by atoms with van der Waals surface area (Å²) in [5.41, 5.74) is 0.657. The molecule has 1 aromatic rings. The summed E-state index contributed by atoms with van der Waals surface area (Å²) in [6.45, 7) is 5.45. The predicted octanol–water partition coefficient (Wildman–Crippen LogP) is 1.76. The lowest BCUT2D eigenvalue weighted by Crippen LogP contribution is -2.34. The molecule has 0 unspecified atom stereocenters. The van der Waals surface area contributed by atoms with E-state index in [1.165, 1.54) is 12.8 Å². The largest absolute Gasteiger partial charge is 0.390 e. The molecular formula is C14H24N4O. The van der Waals surface area contributed by atoms with Crippen molar-refractivity contribution in [2.24, 2.45) is 0 Å². The fourth-order valence-corrected chi connectivity index (χ4v) is 2.44. The molecular weight excluding hydrogens is 240 g/mol. The highest BCUT2D eigenvalue weighted by atomic mass is 16.3. The van der Waals surface area contributed by atoms with Crippen LogP contribution in [0.3, 0.4) is 0 Å². The van der Waals surface area contributed by atoms with Crippen LogP contribution in [0.2, 0.25) is 0 Å². The highest BCUT2D eigenvalue weighted by Crippen LogP contribution is 2.21. The molecule has 1 aliphatic heterocycles. The van der Waals surface area contributed by atoms with E-state index in [-0.39, 0.29) is 6.61 Å². The second-order valence-electron chi connectivity index (χ2n) is 5.14. The molecule has 5 heteroatoms. The molecule has 5 nitrogen and oxygen atoms in total. The van der Waals surface area contributed by atoms with Crippen molar-refractivity contribution in [1.29, 1.82) is 0 Å². The minimum atomic E-state index is -0.0267. The van der Waals surface area contributed by atoms with Gasteiger partial charge in [0, 0.05) is 19.6 Å². The number of aliphatic hydroxyl groups is 1. The molecule has 19 heavy (non-hydrogen) atoms. The molecule has 0 bridgehead atoms. The first-order valence-electron chi connectivity index (χ1n) is 7.22. The maximum atomic E-state index is 9.00. The molecule has 0 saturated carbocycles. The van der Waals surface area contributed by atoms with E-state index in [0.29, 0.717) is 11.7 Å². The highest BCUT2D eigenvalue weighted by Gasteiger charge is 2.20. The van der Waals surface area contributed by atoms with Gasteiger partial charge in [-0.1, -0.05) is 30.7 Å². The molecule has 106 valence electrons. The fourth-order valence-electron chi connectivity index (χ4n) is 2.44. The van der Waals surface area contributed by atoms with Gasteiger partial charge in [0.2, 0.25) is 0 Å². The average molecular weight is 264 g/mol. The van der Waals surface area contributed by atoms with Crippen molar-refractivity contribution < 1.29 is 5.11 Å². The van der Waals surface area contributed by atoms with Crippen molar-refractivity contribution >= 4 is 0 Å². The van der Waals surface area contributed by atoms with E-state index in [0.717, 1.165) is 32.5 Å². The minimum Gasteiger partial charge on any atom is -0.390 e. The van der Waals surface area contributed by atoms with Crippen LogP contribution in [0.1, 0.15) is 44.3 Å². The molecule has 2 heterocycles. The first kappa shape index (κ1) is 14.2. The van der Waals surface area contributed by atoms with Crippen molar-refractivity contribution in [1.82, 2.24) is 19.9 Å². The van der Waals surface area contributed by atoms with Crippen LogP contribution in [0.5, 0.6) is 0 Å². The van der Waals surface area contributed by atoms with E-state index in [9.17, 15) is 0 Å². The summed E-state index contributed by atoms with van der Waals surface area (Å²) >= 11 is 0. The smallest absolute Gasteiger partial charge is 0.108 e. The van der Waals surface area contributed by atoms with Gasteiger partial charge in [0.25, 0.3) is 0 Å². The molecule has 1 aliphatic rings. The van der Waals surface area contributed by atoms with Gasteiger partial charge in [0.1, 0.15) is 5.69 Å². The SMILES string of the molecule is CCC/C=C/CN1CCC(n2cc(CO)nn2)CC1. The summed E-state index contributed by atoms with van der Waals surface area (Å²) in [6.07, 6.45) is 11.0. The van der Waals surface area contributed by atoms with Gasteiger partial charge in [0.05, 0.1) is 18.8 Å². The highest BCUT2D eigenvalue weighted by molar-refractivity contribution is 4.92. The Morgan fingerprint density at radius 2 is 2.16 bits per heavy atom. The Bertz CT molecular complexity index is 394. The summed E-state index contributed by atoms with van der Waals surface area (Å²) in [6, 6.07) is 0.434. The Morgan fingerprint density at radius 3 is 2.79 bits per heavy atom. The number of nitrogens with zero attached hydrogens (tertiary/aromatic N) is 4. The number of aliphatic hydroxyl groups excluding tert-OH is 1. The quantitative estimate of drug-likeness (QED) is 0.796. The molecule has 1 fully saturated rings. The van der Waals surface area contributed by atoms with Crippen molar-refractivity contribution in [3.8, 4) is 0 Å². The Kier molecular flexibility index (Phi) is 5.54. The molecule has 0 radical (unpaired) electrons. The van der Waals surface area contributed by atoms with Crippen molar-refractivity contribution in [3.05, 3.63) is 24.0 Å². The zero-order valence-electron chi connectivity index (χ0n) is 11.7.